The van der Waals surface area contributed by atoms with Crippen LogP contribution in [0.15, 0.2) is 28.7 Å². The van der Waals surface area contributed by atoms with Crippen LogP contribution in [-0.4, -0.2) is 28.9 Å². The van der Waals surface area contributed by atoms with E-state index in [0.717, 1.165) is 22.3 Å². The smallest absolute Gasteiger partial charge is 0.287 e. The predicted molar refractivity (Wildman–Crippen MR) is 103 cm³/mol. The molecule has 4 nitrogen and oxygen atoms in total. The maximum Gasteiger partial charge on any atom is 0.287 e. The van der Waals surface area contributed by atoms with Crippen LogP contribution in [0.3, 0.4) is 0 Å². The second kappa shape index (κ2) is 8.77. The van der Waals surface area contributed by atoms with Crippen molar-refractivity contribution in [3.05, 3.63) is 35.6 Å². The summed E-state index contributed by atoms with van der Waals surface area (Å²) in [6, 6.07) is 7.60. The molecule has 1 aliphatic carbocycles. The summed E-state index contributed by atoms with van der Waals surface area (Å²) in [7, 11) is 0. The number of hydrogen-bond donors (Lipinski definition) is 2. The minimum atomic E-state index is -0.237. The molecule has 2 aromatic rings. The minimum Gasteiger partial charge on any atom is -0.451 e. The SMILES string of the molecule is CCC(CO)NC(=O)c1oc2ccccc2c1CSC1CCCCC1. The van der Waals surface area contributed by atoms with E-state index in [9.17, 15) is 9.90 Å². The van der Waals surface area contributed by atoms with Gasteiger partial charge in [-0.25, -0.2) is 0 Å². The molecule has 2 N–H and O–H groups in total. The lowest BCUT2D eigenvalue weighted by Crippen LogP contribution is -2.37. The molecule has 1 aromatic carbocycles. The van der Waals surface area contributed by atoms with Crippen LogP contribution in [0.1, 0.15) is 61.6 Å². The summed E-state index contributed by atoms with van der Waals surface area (Å²) in [6.07, 6.45) is 7.19. The Kier molecular flexibility index (Phi) is 6.43. The predicted octanol–water partition coefficient (Wildman–Crippen LogP) is 4.50. The Hall–Kier alpha value is -1.46. The van der Waals surface area contributed by atoms with E-state index in [1.165, 1.54) is 32.1 Å². The normalized spacial score (nSPS) is 16.9. The van der Waals surface area contributed by atoms with E-state index < -0.39 is 0 Å². The lowest BCUT2D eigenvalue weighted by molar-refractivity contribution is 0.0888. The lowest BCUT2D eigenvalue weighted by atomic mass is 10.0. The summed E-state index contributed by atoms with van der Waals surface area (Å²) in [4.78, 5) is 12.7. The molecule has 0 spiro atoms. The quantitative estimate of drug-likeness (QED) is 0.762. The highest BCUT2D eigenvalue weighted by Gasteiger charge is 2.23. The van der Waals surface area contributed by atoms with Gasteiger partial charge in [-0.1, -0.05) is 44.4 Å². The van der Waals surface area contributed by atoms with E-state index in [1.807, 2.05) is 43.0 Å². The molecular weight excluding hydrogens is 334 g/mol. The molecule has 1 saturated carbocycles. The van der Waals surface area contributed by atoms with Crippen molar-refractivity contribution in [2.75, 3.05) is 6.61 Å². The van der Waals surface area contributed by atoms with Gasteiger partial charge in [-0.3, -0.25) is 4.79 Å². The van der Waals surface area contributed by atoms with Gasteiger partial charge in [-0.05, 0) is 25.3 Å². The molecule has 0 saturated heterocycles. The summed E-state index contributed by atoms with van der Waals surface area (Å²) in [6.45, 7) is 1.88. The van der Waals surface area contributed by atoms with Crippen LogP contribution in [0.5, 0.6) is 0 Å². The molecule has 0 radical (unpaired) electrons. The molecule has 1 aromatic heterocycles. The number of thioether (sulfide) groups is 1. The van der Waals surface area contributed by atoms with Gasteiger partial charge >= 0.3 is 0 Å². The van der Waals surface area contributed by atoms with Gasteiger partial charge in [-0.2, -0.15) is 11.8 Å². The maximum atomic E-state index is 12.7. The molecule has 136 valence electrons. The van der Waals surface area contributed by atoms with Crippen molar-refractivity contribution < 1.29 is 14.3 Å². The first kappa shape index (κ1) is 18.3. The Morgan fingerprint density at radius 3 is 2.80 bits per heavy atom. The van der Waals surface area contributed by atoms with Crippen molar-refractivity contribution in [3.63, 3.8) is 0 Å². The van der Waals surface area contributed by atoms with Crippen molar-refractivity contribution >= 4 is 28.6 Å². The molecule has 25 heavy (non-hydrogen) atoms. The van der Waals surface area contributed by atoms with Crippen molar-refractivity contribution in [1.82, 2.24) is 5.32 Å². The number of rotatable bonds is 7. The Morgan fingerprint density at radius 2 is 2.08 bits per heavy atom. The Labute approximate surface area is 153 Å². The number of para-hydroxylation sites is 1. The maximum absolute atomic E-state index is 12.7. The monoisotopic (exact) mass is 361 g/mol. The van der Waals surface area contributed by atoms with Crippen LogP contribution in [-0.2, 0) is 5.75 Å². The van der Waals surface area contributed by atoms with Crippen molar-refractivity contribution in [3.8, 4) is 0 Å². The highest BCUT2D eigenvalue weighted by atomic mass is 32.2. The fourth-order valence-corrected chi connectivity index (χ4v) is 4.74. The van der Waals surface area contributed by atoms with Gasteiger partial charge in [0.25, 0.3) is 5.91 Å². The largest absolute Gasteiger partial charge is 0.451 e. The minimum absolute atomic E-state index is 0.0609. The van der Waals surface area contributed by atoms with E-state index in [2.05, 4.69) is 5.32 Å². The molecule has 3 rings (SSSR count). The van der Waals surface area contributed by atoms with Crippen LogP contribution >= 0.6 is 11.8 Å². The molecule has 5 heteroatoms. The average molecular weight is 362 g/mol. The van der Waals surface area contributed by atoms with Gasteiger partial charge in [0.05, 0.1) is 12.6 Å². The second-order valence-corrected chi connectivity index (χ2v) is 8.03. The third-order valence-corrected chi connectivity index (χ3v) is 6.37. The van der Waals surface area contributed by atoms with E-state index >= 15 is 0 Å². The number of furan rings is 1. The third kappa shape index (κ3) is 4.39. The zero-order valence-electron chi connectivity index (χ0n) is 14.8. The van der Waals surface area contributed by atoms with Gasteiger partial charge in [-0.15, -0.1) is 0 Å². The summed E-state index contributed by atoms with van der Waals surface area (Å²) in [5.41, 5.74) is 1.74. The molecule has 1 atom stereocenters. The highest BCUT2D eigenvalue weighted by Crippen LogP contribution is 2.35. The zero-order chi connectivity index (χ0) is 17.6. The van der Waals surface area contributed by atoms with Gasteiger partial charge in [0, 0.05) is 22.0 Å². The Balaban J connectivity index is 1.82. The first-order chi connectivity index (χ1) is 12.2. The highest BCUT2D eigenvalue weighted by molar-refractivity contribution is 7.99. The van der Waals surface area contributed by atoms with Crippen molar-refractivity contribution in [2.45, 2.75) is 62.5 Å². The molecule has 0 bridgehead atoms. The van der Waals surface area contributed by atoms with Gasteiger partial charge < -0.3 is 14.8 Å². The zero-order valence-corrected chi connectivity index (χ0v) is 15.6. The molecule has 1 unspecified atom stereocenters. The van der Waals surface area contributed by atoms with Crippen molar-refractivity contribution in [1.29, 1.82) is 0 Å². The first-order valence-electron chi connectivity index (χ1n) is 9.26. The van der Waals surface area contributed by atoms with E-state index in [1.54, 1.807) is 0 Å². The standard InChI is InChI=1S/C20H27NO3S/c1-2-14(12-22)21-20(23)19-17(13-25-15-8-4-3-5-9-15)16-10-6-7-11-18(16)24-19/h6-7,10-11,14-15,22H,2-5,8-9,12-13H2,1H3,(H,21,23). The first-order valence-corrected chi connectivity index (χ1v) is 10.3. The van der Waals surface area contributed by atoms with Crippen LogP contribution in [0, 0.1) is 0 Å². The Bertz CT molecular complexity index is 702. The van der Waals surface area contributed by atoms with Crippen LogP contribution in [0.4, 0.5) is 0 Å². The molecule has 0 aliphatic heterocycles. The Morgan fingerprint density at radius 1 is 1.32 bits per heavy atom. The second-order valence-electron chi connectivity index (χ2n) is 6.74. The lowest BCUT2D eigenvalue weighted by Gasteiger charge is -2.21. The van der Waals surface area contributed by atoms with Crippen LogP contribution in [0.25, 0.3) is 11.0 Å². The number of aliphatic hydroxyl groups excluding tert-OH is 1. The number of nitrogens with one attached hydrogen (secondary N) is 1. The van der Waals surface area contributed by atoms with E-state index in [4.69, 9.17) is 4.42 Å². The number of carbonyl (C=O) groups is 1. The molecule has 1 amide bonds. The summed E-state index contributed by atoms with van der Waals surface area (Å²) < 4.78 is 5.88. The number of carbonyl (C=O) groups excluding carboxylic acids is 1. The van der Waals surface area contributed by atoms with Gasteiger partial charge in [0.1, 0.15) is 5.58 Å². The number of fused-ring (bicyclic) bond motifs is 1. The molecule has 1 heterocycles. The summed E-state index contributed by atoms with van der Waals surface area (Å²) in [5.74, 6) is 0.966. The van der Waals surface area contributed by atoms with Crippen LogP contribution in [0.2, 0.25) is 0 Å². The number of hydrogen-bond acceptors (Lipinski definition) is 4. The molecular formula is C20H27NO3S. The fraction of sp³-hybridized carbons (Fsp3) is 0.550. The molecule has 1 aliphatic rings. The van der Waals surface area contributed by atoms with Gasteiger partial charge in [0.15, 0.2) is 5.76 Å². The van der Waals surface area contributed by atoms with E-state index in [0.29, 0.717) is 17.4 Å². The number of aliphatic hydroxyl groups is 1. The average Bonchev–Trinajstić information content (AvgIpc) is 3.04. The van der Waals surface area contributed by atoms with E-state index in [-0.39, 0.29) is 18.6 Å². The topological polar surface area (TPSA) is 62.5 Å². The van der Waals surface area contributed by atoms with Gasteiger partial charge in [0.2, 0.25) is 0 Å². The summed E-state index contributed by atoms with van der Waals surface area (Å²) >= 11 is 1.94. The fourth-order valence-electron chi connectivity index (χ4n) is 3.39. The number of benzene rings is 1. The van der Waals surface area contributed by atoms with Crippen molar-refractivity contribution in [2.24, 2.45) is 0 Å². The molecule has 1 fully saturated rings. The summed E-state index contributed by atoms with van der Waals surface area (Å²) in [5, 5.41) is 13.9. The number of amides is 1. The third-order valence-electron chi connectivity index (χ3n) is 4.97. The van der Waals surface area contributed by atoms with Crippen LogP contribution < -0.4 is 5.32 Å².